The first kappa shape index (κ1) is 26.7. The second-order valence-corrected chi connectivity index (χ2v) is 7.69. The summed E-state index contributed by atoms with van der Waals surface area (Å²) in [6.45, 7) is -0.741. The maximum Gasteiger partial charge on any atom is 0.364 e. The van der Waals surface area contributed by atoms with Gasteiger partial charge in [-0.3, -0.25) is 4.79 Å². The van der Waals surface area contributed by atoms with Crippen LogP contribution in [0.2, 0.25) is 0 Å². The second-order valence-electron chi connectivity index (χ2n) is 7.69. The Hall–Kier alpha value is -1.50. The molecule has 1 unspecified atom stereocenters. The van der Waals surface area contributed by atoms with Crippen molar-refractivity contribution in [1.82, 2.24) is 5.32 Å². The van der Waals surface area contributed by atoms with Crippen LogP contribution in [0.1, 0.15) is 13.3 Å². The largest absolute Gasteiger partial charge is 0.477 e. The molecule has 15 heteroatoms. The summed E-state index contributed by atoms with van der Waals surface area (Å²) in [5.41, 5.74) is 0. The Labute approximate surface area is 181 Å². The van der Waals surface area contributed by atoms with Crippen molar-refractivity contribution < 1.29 is 69.8 Å². The van der Waals surface area contributed by atoms with Crippen LogP contribution in [0.4, 0.5) is 0 Å². The number of aliphatic hydroxyl groups excluding tert-OH is 8. The minimum Gasteiger partial charge on any atom is -0.477 e. The number of ether oxygens (including phenoxy) is 3. The zero-order valence-electron chi connectivity index (χ0n) is 17.0. The van der Waals surface area contributed by atoms with E-state index in [1.54, 1.807) is 0 Å². The van der Waals surface area contributed by atoms with E-state index in [9.17, 15) is 50.4 Å². The monoisotopic (exact) mass is 471 g/mol. The minimum atomic E-state index is -2.86. The minimum absolute atomic E-state index is 0.693. The number of aliphatic carboxylic acids is 1. The van der Waals surface area contributed by atoms with Crippen molar-refractivity contribution in [3.63, 3.8) is 0 Å². The predicted molar refractivity (Wildman–Crippen MR) is 97.4 cm³/mol. The molecular weight excluding hydrogens is 442 g/mol. The molecule has 2 fully saturated rings. The van der Waals surface area contributed by atoms with E-state index < -0.39 is 98.5 Å². The van der Waals surface area contributed by atoms with Gasteiger partial charge in [-0.05, 0) is 0 Å². The first-order valence-corrected chi connectivity index (χ1v) is 9.70. The molecule has 0 aromatic rings. The van der Waals surface area contributed by atoms with Gasteiger partial charge in [0.05, 0.1) is 25.4 Å². The lowest BCUT2D eigenvalue weighted by atomic mass is 9.88. The van der Waals surface area contributed by atoms with E-state index in [2.05, 4.69) is 5.32 Å². The van der Waals surface area contributed by atoms with Gasteiger partial charge in [0, 0.05) is 13.3 Å². The molecule has 0 saturated carbocycles. The van der Waals surface area contributed by atoms with E-state index in [4.69, 9.17) is 19.3 Å². The van der Waals surface area contributed by atoms with E-state index >= 15 is 0 Å². The fourth-order valence-corrected chi connectivity index (χ4v) is 3.67. The van der Waals surface area contributed by atoms with E-state index in [-0.39, 0.29) is 0 Å². The Balaban J connectivity index is 2.42. The van der Waals surface area contributed by atoms with Crippen LogP contribution in [0.5, 0.6) is 0 Å². The fourth-order valence-electron chi connectivity index (χ4n) is 3.67. The summed E-state index contributed by atoms with van der Waals surface area (Å²) in [6, 6.07) is -1.44. The molecule has 32 heavy (non-hydrogen) atoms. The van der Waals surface area contributed by atoms with Gasteiger partial charge in [-0.15, -0.1) is 0 Å². The van der Waals surface area contributed by atoms with Crippen molar-refractivity contribution in [2.45, 2.75) is 80.3 Å². The molecule has 2 heterocycles. The van der Waals surface area contributed by atoms with Crippen molar-refractivity contribution in [1.29, 1.82) is 0 Å². The SMILES string of the molecule is CC(=O)N[C@H]1[C@H]([C@H](O)[C@H](O)CO)OC(O[C@@H]2[C@@H](O)[C@@H](O)O[C@H](CO)[C@@H]2O)(C(=O)O)C[C@@H]1O. The maximum atomic E-state index is 12.1. The van der Waals surface area contributed by atoms with Gasteiger partial charge in [-0.25, -0.2) is 4.79 Å². The molecule has 2 rings (SSSR count). The van der Waals surface area contributed by atoms with E-state index in [0.29, 0.717) is 0 Å². The molecule has 0 aromatic heterocycles. The summed E-state index contributed by atoms with van der Waals surface area (Å²) in [6.07, 6.45) is -17.6. The van der Waals surface area contributed by atoms with Gasteiger partial charge in [0.2, 0.25) is 5.91 Å². The van der Waals surface area contributed by atoms with Gasteiger partial charge in [-0.1, -0.05) is 0 Å². The molecule has 2 aliphatic rings. The summed E-state index contributed by atoms with van der Waals surface area (Å²) >= 11 is 0. The normalized spacial score (nSPS) is 42.2. The number of amides is 1. The van der Waals surface area contributed by atoms with Crippen LogP contribution in [-0.4, -0.2) is 138 Å². The Morgan fingerprint density at radius 3 is 2.28 bits per heavy atom. The smallest absolute Gasteiger partial charge is 0.364 e. The molecular formula is C17H29NO14. The summed E-state index contributed by atoms with van der Waals surface area (Å²) in [5, 5.41) is 91.5. The molecule has 2 aliphatic heterocycles. The zero-order valence-corrected chi connectivity index (χ0v) is 17.0. The first-order valence-electron chi connectivity index (χ1n) is 9.70. The summed E-state index contributed by atoms with van der Waals surface area (Å²) in [5.74, 6) is -5.44. The summed E-state index contributed by atoms with van der Waals surface area (Å²) < 4.78 is 15.5. The number of carbonyl (C=O) groups is 2. The zero-order chi connectivity index (χ0) is 24.4. The maximum absolute atomic E-state index is 12.1. The van der Waals surface area contributed by atoms with E-state index in [1.165, 1.54) is 0 Å². The molecule has 0 spiro atoms. The number of carbonyl (C=O) groups excluding carboxylic acids is 1. The van der Waals surface area contributed by atoms with Crippen molar-refractivity contribution in [2.24, 2.45) is 0 Å². The van der Waals surface area contributed by atoms with Crippen molar-refractivity contribution in [3.05, 3.63) is 0 Å². The average Bonchev–Trinajstić information content (AvgIpc) is 2.73. The molecule has 0 radical (unpaired) electrons. The lowest BCUT2D eigenvalue weighted by Gasteiger charge is -2.49. The van der Waals surface area contributed by atoms with Gasteiger partial charge in [-0.2, -0.15) is 0 Å². The van der Waals surface area contributed by atoms with Gasteiger partial charge >= 0.3 is 5.97 Å². The Kier molecular flexibility index (Phi) is 8.88. The van der Waals surface area contributed by atoms with Crippen LogP contribution >= 0.6 is 0 Å². The lowest BCUT2D eigenvalue weighted by Crippen LogP contribution is -2.70. The summed E-state index contributed by atoms with van der Waals surface area (Å²) in [4.78, 5) is 23.6. The molecule has 186 valence electrons. The Morgan fingerprint density at radius 2 is 1.78 bits per heavy atom. The number of aliphatic hydroxyl groups is 8. The van der Waals surface area contributed by atoms with Gasteiger partial charge in [0.1, 0.15) is 42.7 Å². The number of carboxylic acid groups (broad SMARTS) is 1. The quantitative estimate of drug-likeness (QED) is 0.158. The third kappa shape index (κ3) is 5.35. The number of nitrogens with one attached hydrogen (secondary N) is 1. The number of hydrogen-bond donors (Lipinski definition) is 10. The Morgan fingerprint density at radius 1 is 1.16 bits per heavy atom. The van der Waals surface area contributed by atoms with Crippen molar-refractivity contribution in [2.75, 3.05) is 13.2 Å². The highest BCUT2D eigenvalue weighted by Crippen LogP contribution is 2.37. The van der Waals surface area contributed by atoms with Gasteiger partial charge < -0.3 is 65.5 Å². The molecule has 1 amide bonds. The van der Waals surface area contributed by atoms with Crippen LogP contribution in [0.3, 0.4) is 0 Å². The Bertz CT molecular complexity index is 665. The van der Waals surface area contributed by atoms with Crippen LogP contribution < -0.4 is 5.32 Å². The van der Waals surface area contributed by atoms with Crippen molar-refractivity contribution in [3.8, 4) is 0 Å². The third-order valence-corrected chi connectivity index (χ3v) is 5.35. The molecule has 11 atom stereocenters. The van der Waals surface area contributed by atoms with Crippen molar-refractivity contribution >= 4 is 11.9 Å². The van der Waals surface area contributed by atoms with Gasteiger partial charge in [0.15, 0.2) is 6.29 Å². The second kappa shape index (κ2) is 10.6. The number of hydrogen-bond acceptors (Lipinski definition) is 13. The number of rotatable bonds is 8. The van der Waals surface area contributed by atoms with E-state index in [1.807, 2.05) is 0 Å². The highest BCUT2D eigenvalue weighted by Gasteiger charge is 2.59. The van der Waals surface area contributed by atoms with E-state index in [0.717, 1.165) is 6.92 Å². The predicted octanol–water partition coefficient (Wildman–Crippen LogP) is -6.05. The number of carboxylic acids is 1. The highest BCUT2D eigenvalue weighted by molar-refractivity contribution is 5.76. The molecule has 0 aliphatic carbocycles. The molecule has 0 aromatic carbocycles. The molecule has 10 N–H and O–H groups in total. The fraction of sp³-hybridized carbons (Fsp3) is 0.882. The molecule has 15 nitrogen and oxygen atoms in total. The average molecular weight is 471 g/mol. The summed E-state index contributed by atoms with van der Waals surface area (Å²) in [7, 11) is 0. The van der Waals surface area contributed by atoms with Crippen LogP contribution in [0.25, 0.3) is 0 Å². The van der Waals surface area contributed by atoms with Crippen LogP contribution in [0.15, 0.2) is 0 Å². The van der Waals surface area contributed by atoms with Crippen LogP contribution in [-0.2, 0) is 23.8 Å². The standard InChI is InChI=1S/C17H29NO14/c1-5(21)18-9-6(22)2-17(16(28)29,31-13(9)10(24)7(23)3-19)32-14-11(25)8(4-20)30-15(27)12(14)26/h6-15,19-20,22-27H,2-4H2,1H3,(H,18,21)(H,28,29)/t6-,7+,8+,9+,10+,11-,12+,13+,14-,15-,17?/m0/s1. The molecule has 2 saturated heterocycles. The molecule has 0 bridgehead atoms. The topological polar surface area (TPSA) is 256 Å². The van der Waals surface area contributed by atoms with Gasteiger partial charge in [0.25, 0.3) is 5.79 Å². The third-order valence-electron chi connectivity index (χ3n) is 5.35. The van der Waals surface area contributed by atoms with Crippen LogP contribution in [0, 0.1) is 0 Å². The first-order chi connectivity index (χ1) is 14.9. The highest BCUT2D eigenvalue weighted by atomic mass is 16.7. The lowest BCUT2D eigenvalue weighted by molar-refractivity contribution is -0.366.